The van der Waals surface area contributed by atoms with E-state index in [4.69, 9.17) is 10.5 Å². The fourth-order valence-corrected chi connectivity index (χ4v) is 2.86. The predicted molar refractivity (Wildman–Crippen MR) is 73.4 cm³/mol. The Morgan fingerprint density at radius 2 is 2.05 bits per heavy atom. The molecule has 0 radical (unpaired) electrons. The first kappa shape index (κ1) is 15.9. The smallest absolute Gasteiger partial charge is 0.153 e. The highest BCUT2D eigenvalue weighted by molar-refractivity contribution is 7.91. The van der Waals surface area contributed by atoms with Crippen molar-refractivity contribution in [3.8, 4) is 5.75 Å². The highest BCUT2D eigenvalue weighted by Gasteiger charge is 2.12. The molecule has 1 unspecified atom stereocenters. The van der Waals surface area contributed by atoms with Crippen LogP contribution in [-0.2, 0) is 9.84 Å². The zero-order valence-electron chi connectivity index (χ0n) is 11.2. The molecule has 6 heteroatoms. The summed E-state index contributed by atoms with van der Waals surface area (Å²) in [5.41, 5.74) is 6.41. The molecule has 0 aliphatic rings. The molecule has 4 nitrogen and oxygen atoms in total. The van der Waals surface area contributed by atoms with Gasteiger partial charge in [0.25, 0.3) is 0 Å². The number of hydrogen-bond donors (Lipinski definition) is 1. The lowest BCUT2D eigenvalue weighted by Gasteiger charge is -2.14. The second-order valence-electron chi connectivity index (χ2n) is 4.47. The van der Waals surface area contributed by atoms with Crippen LogP contribution in [-0.4, -0.2) is 26.5 Å². The Morgan fingerprint density at radius 1 is 1.37 bits per heavy atom. The summed E-state index contributed by atoms with van der Waals surface area (Å²) in [6.45, 7) is 3.57. The molecular formula is C13H20FNO3S. The van der Waals surface area contributed by atoms with Crippen LogP contribution in [0.4, 0.5) is 4.39 Å². The Balaban J connectivity index is 2.70. The fraction of sp³-hybridized carbons (Fsp3) is 0.538. The Kier molecular flexibility index (Phi) is 5.75. The van der Waals surface area contributed by atoms with Crippen molar-refractivity contribution in [2.75, 3.05) is 18.1 Å². The second-order valence-corrected chi connectivity index (χ2v) is 6.77. The zero-order chi connectivity index (χ0) is 14.5. The third-order valence-corrected chi connectivity index (χ3v) is 4.45. The second kappa shape index (κ2) is 6.86. The van der Waals surface area contributed by atoms with Crippen molar-refractivity contribution in [3.05, 3.63) is 29.6 Å². The summed E-state index contributed by atoms with van der Waals surface area (Å²) in [7, 11) is -3.10. The highest BCUT2D eigenvalue weighted by atomic mass is 32.2. The van der Waals surface area contributed by atoms with Crippen LogP contribution in [0.2, 0.25) is 0 Å². The van der Waals surface area contributed by atoms with Gasteiger partial charge in [0, 0.05) is 17.7 Å². The Hall–Kier alpha value is -1.14. The van der Waals surface area contributed by atoms with Crippen molar-refractivity contribution in [1.82, 2.24) is 0 Å². The molecule has 1 aromatic carbocycles. The molecule has 0 heterocycles. The van der Waals surface area contributed by atoms with Gasteiger partial charge >= 0.3 is 0 Å². The molecule has 0 fully saturated rings. The molecule has 19 heavy (non-hydrogen) atoms. The summed E-state index contributed by atoms with van der Waals surface area (Å²) in [5.74, 6) is -0.0624. The van der Waals surface area contributed by atoms with E-state index in [1.807, 2.05) is 0 Å². The van der Waals surface area contributed by atoms with Crippen LogP contribution in [0.3, 0.4) is 0 Å². The number of rotatable bonds is 7. The van der Waals surface area contributed by atoms with Gasteiger partial charge in [0.05, 0.1) is 11.5 Å². The molecule has 1 aromatic rings. The van der Waals surface area contributed by atoms with Gasteiger partial charge in [-0.15, -0.1) is 0 Å². The number of nitrogens with two attached hydrogens (primary N) is 1. The molecule has 0 aliphatic heterocycles. The van der Waals surface area contributed by atoms with E-state index in [9.17, 15) is 12.8 Å². The van der Waals surface area contributed by atoms with Gasteiger partial charge < -0.3 is 10.5 Å². The average molecular weight is 289 g/mol. The molecule has 0 bridgehead atoms. The lowest BCUT2D eigenvalue weighted by Crippen LogP contribution is -2.18. The fourth-order valence-electron chi connectivity index (χ4n) is 1.70. The van der Waals surface area contributed by atoms with Gasteiger partial charge in [-0.2, -0.15) is 0 Å². The van der Waals surface area contributed by atoms with Gasteiger partial charge in [0.2, 0.25) is 0 Å². The van der Waals surface area contributed by atoms with E-state index >= 15 is 0 Å². The highest BCUT2D eigenvalue weighted by Crippen LogP contribution is 2.24. The van der Waals surface area contributed by atoms with Crippen molar-refractivity contribution >= 4 is 9.84 Å². The van der Waals surface area contributed by atoms with E-state index in [-0.39, 0.29) is 24.2 Å². The summed E-state index contributed by atoms with van der Waals surface area (Å²) in [4.78, 5) is 0. The molecule has 0 saturated carbocycles. The van der Waals surface area contributed by atoms with E-state index < -0.39 is 15.7 Å². The van der Waals surface area contributed by atoms with Crippen LogP contribution in [0, 0.1) is 5.82 Å². The number of hydrogen-bond acceptors (Lipinski definition) is 4. The summed E-state index contributed by atoms with van der Waals surface area (Å²) < 4.78 is 41.6. The van der Waals surface area contributed by atoms with Crippen LogP contribution in [0.1, 0.15) is 31.9 Å². The molecule has 108 valence electrons. The van der Waals surface area contributed by atoms with Crippen molar-refractivity contribution in [1.29, 1.82) is 0 Å². The van der Waals surface area contributed by atoms with Gasteiger partial charge in [-0.3, -0.25) is 0 Å². The van der Waals surface area contributed by atoms with Gasteiger partial charge in [0.15, 0.2) is 9.84 Å². The third-order valence-electron chi connectivity index (χ3n) is 2.63. The number of benzene rings is 1. The molecule has 0 aliphatic carbocycles. The van der Waals surface area contributed by atoms with E-state index in [1.54, 1.807) is 19.9 Å². The maximum atomic E-state index is 13.2. The Bertz CT molecular complexity index is 515. The summed E-state index contributed by atoms with van der Waals surface area (Å²) >= 11 is 0. The van der Waals surface area contributed by atoms with E-state index in [0.717, 1.165) is 0 Å². The molecule has 1 atom stereocenters. The average Bonchev–Trinajstić information content (AvgIpc) is 2.28. The van der Waals surface area contributed by atoms with Gasteiger partial charge in [-0.05, 0) is 19.4 Å². The van der Waals surface area contributed by atoms with Gasteiger partial charge in [-0.1, -0.05) is 13.0 Å². The molecule has 0 saturated heterocycles. The topological polar surface area (TPSA) is 69.4 Å². The molecule has 0 aromatic heterocycles. The van der Waals surface area contributed by atoms with E-state index in [2.05, 4.69) is 0 Å². The van der Waals surface area contributed by atoms with Crippen molar-refractivity contribution in [2.45, 2.75) is 26.3 Å². The van der Waals surface area contributed by atoms with E-state index in [1.165, 1.54) is 12.1 Å². The van der Waals surface area contributed by atoms with Crippen molar-refractivity contribution < 1.29 is 17.5 Å². The molecule has 0 amide bonds. The normalized spacial score (nSPS) is 13.3. The molecule has 2 N–H and O–H groups in total. The lowest BCUT2D eigenvalue weighted by molar-refractivity contribution is 0.333. The van der Waals surface area contributed by atoms with E-state index in [0.29, 0.717) is 17.7 Å². The number of sulfone groups is 1. The monoisotopic (exact) mass is 289 g/mol. The van der Waals surface area contributed by atoms with Crippen LogP contribution in [0.5, 0.6) is 5.75 Å². The first-order valence-corrected chi connectivity index (χ1v) is 8.06. The Morgan fingerprint density at radius 3 is 2.63 bits per heavy atom. The molecule has 1 rings (SSSR count). The van der Waals surface area contributed by atoms with Crippen LogP contribution >= 0.6 is 0 Å². The molecule has 0 spiro atoms. The van der Waals surface area contributed by atoms with Gasteiger partial charge in [-0.25, -0.2) is 12.8 Å². The van der Waals surface area contributed by atoms with Crippen LogP contribution in [0.15, 0.2) is 18.2 Å². The quantitative estimate of drug-likeness (QED) is 0.834. The summed E-state index contributed by atoms with van der Waals surface area (Å²) in [6.07, 6.45) is 0.577. The molecular weight excluding hydrogens is 269 g/mol. The van der Waals surface area contributed by atoms with Crippen LogP contribution < -0.4 is 10.5 Å². The van der Waals surface area contributed by atoms with Crippen molar-refractivity contribution in [3.63, 3.8) is 0 Å². The predicted octanol–water partition coefficient (Wildman–Crippen LogP) is 2.05. The van der Waals surface area contributed by atoms with Gasteiger partial charge in [0.1, 0.15) is 18.2 Å². The summed E-state index contributed by atoms with van der Waals surface area (Å²) in [6, 6.07) is 3.78. The number of ether oxygens (including phenoxy) is 1. The summed E-state index contributed by atoms with van der Waals surface area (Å²) in [5, 5.41) is 0. The Labute approximate surface area is 113 Å². The first-order valence-electron chi connectivity index (χ1n) is 6.24. The first-order chi connectivity index (χ1) is 8.85. The minimum Gasteiger partial charge on any atom is -0.492 e. The minimum absolute atomic E-state index is 0.00546. The van der Waals surface area contributed by atoms with Crippen molar-refractivity contribution in [2.24, 2.45) is 5.73 Å². The lowest BCUT2D eigenvalue weighted by atomic mass is 10.1. The minimum atomic E-state index is -3.10. The largest absolute Gasteiger partial charge is 0.492 e. The maximum absolute atomic E-state index is 13.2. The third kappa shape index (κ3) is 5.16. The van der Waals surface area contributed by atoms with Crippen LogP contribution in [0.25, 0.3) is 0 Å². The standard InChI is InChI=1S/C13H20FNO3S/c1-3-7-19(16,17)8-6-18-13-9-11(14)4-5-12(13)10(2)15/h4-5,9-10H,3,6-8,15H2,1-2H3. The maximum Gasteiger partial charge on any atom is 0.153 e. The zero-order valence-corrected chi connectivity index (χ0v) is 12.0. The SMILES string of the molecule is CCCS(=O)(=O)CCOc1cc(F)ccc1C(C)N. The number of halogens is 1.